The van der Waals surface area contributed by atoms with Crippen LogP contribution >= 0.6 is 0 Å². The monoisotopic (exact) mass is 380 g/mol. The largest absolute Gasteiger partial charge is 0.504 e. The van der Waals surface area contributed by atoms with Crippen molar-refractivity contribution in [2.75, 3.05) is 13.1 Å². The minimum absolute atomic E-state index is 0.120. The Labute approximate surface area is 166 Å². The van der Waals surface area contributed by atoms with Gasteiger partial charge in [0, 0.05) is 26.2 Å². The highest BCUT2D eigenvalue weighted by atomic mass is 16.3. The van der Waals surface area contributed by atoms with E-state index in [0.29, 0.717) is 13.1 Å². The predicted octanol–water partition coefficient (Wildman–Crippen LogP) is 3.43. The first kappa shape index (κ1) is 18.8. The molecule has 1 saturated heterocycles. The van der Waals surface area contributed by atoms with Gasteiger partial charge in [-0.15, -0.1) is 0 Å². The second-order valence-corrected chi connectivity index (χ2v) is 7.96. The molecule has 0 aromatic heterocycles. The highest BCUT2D eigenvalue weighted by Crippen LogP contribution is 2.30. The molecule has 148 valence electrons. The van der Waals surface area contributed by atoms with Gasteiger partial charge >= 0.3 is 0 Å². The molecular weight excluding hydrogens is 352 g/mol. The minimum Gasteiger partial charge on any atom is -0.504 e. The number of phenolic OH excluding ortho intramolecular Hbond substituents is 2. The summed E-state index contributed by atoms with van der Waals surface area (Å²) in [6.07, 6.45) is 5.29. The highest BCUT2D eigenvalue weighted by molar-refractivity contribution is 5.82. The number of hydrogen-bond donors (Lipinski definition) is 2. The Kier molecular flexibility index (Phi) is 5.53. The Morgan fingerprint density at radius 1 is 0.929 bits per heavy atom. The number of carbonyl (C=O) groups excluding carboxylic acids is 1. The Bertz CT molecular complexity index is 843. The fourth-order valence-corrected chi connectivity index (χ4v) is 4.39. The molecule has 1 atom stereocenters. The van der Waals surface area contributed by atoms with E-state index in [0.717, 1.165) is 37.9 Å². The zero-order valence-corrected chi connectivity index (χ0v) is 16.2. The van der Waals surface area contributed by atoms with Crippen molar-refractivity contribution < 1.29 is 15.0 Å². The summed E-state index contributed by atoms with van der Waals surface area (Å²) in [6.45, 7) is 2.98. The number of amides is 1. The third-order valence-electron chi connectivity index (χ3n) is 5.97. The summed E-state index contributed by atoms with van der Waals surface area (Å²) in [4.78, 5) is 17.7. The summed E-state index contributed by atoms with van der Waals surface area (Å²) in [5.41, 5.74) is 3.40. The summed E-state index contributed by atoms with van der Waals surface area (Å²) in [5, 5.41) is 19.4. The van der Waals surface area contributed by atoms with Gasteiger partial charge in [0.2, 0.25) is 5.91 Å². The van der Waals surface area contributed by atoms with Crippen LogP contribution in [0.4, 0.5) is 0 Å². The molecule has 2 aromatic carbocycles. The third kappa shape index (κ3) is 3.99. The number of carbonyl (C=O) groups is 1. The van der Waals surface area contributed by atoms with Gasteiger partial charge in [0.1, 0.15) is 0 Å². The van der Waals surface area contributed by atoms with Gasteiger partial charge in [-0.3, -0.25) is 9.69 Å². The van der Waals surface area contributed by atoms with Crippen molar-refractivity contribution in [1.82, 2.24) is 9.80 Å². The van der Waals surface area contributed by atoms with E-state index in [9.17, 15) is 15.0 Å². The molecule has 1 amide bonds. The van der Waals surface area contributed by atoms with Gasteiger partial charge < -0.3 is 15.1 Å². The van der Waals surface area contributed by atoms with Gasteiger partial charge in [-0.05, 0) is 48.1 Å². The normalized spacial score (nSPS) is 20.4. The van der Waals surface area contributed by atoms with Crippen LogP contribution in [0.15, 0.2) is 42.5 Å². The van der Waals surface area contributed by atoms with Gasteiger partial charge in [0.15, 0.2) is 11.5 Å². The van der Waals surface area contributed by atoms with Gasteiger partial charge in [-0.2, -0.15) is 0 Å². The predicted molar refractivity (Wildman–Crippen MR) is 108 cm³/mol. The summed E-state index contributed by atoms with van der Waals surface area (Å²) in [7, 11) is 0. The molecule has 2 heterocycles. The van der Waals surface area contributed by atoms with Gasteiger partial charge in [-0.1, -0.05) is 43.2 Å². The maximum atomic E-state index is 13.4. The highest BCUT2D eigenvalue weighted by Gasteiger charge is 2.34. The van der Waals surface area contributed by atoms with Crippen LogP contribution in [0.5, 0.6) is 11.5 Å². The molecule has 0 aliphatic carbocycles. The maximum absolute atomic E-state index is 13.4. The Morgan fingerprint density at radius 2 is 1.64 bits per heavy atom. The topological polar surface area (TPSA) is 64.0 Å². The van der Waals surface area contributed by atoms with E-state index in [1.165, 1.54) is 30.0 Å². The third-order valence-corrected chi connectivity index (χ3v) is 5.97. The first-order valence-corrected chi connectivity index (χ1v) is 10.2. The molecule has 4 rings (SSSR count). The molecule has 1 fully saturated rings. The molecule has 1 unspecified atom stereocenters. The van der Waals surface area contributed by atoms with Crippen molar-refractivity contribution in [3.8, 4) is 11.5 Å². The zero-order valence-electron chi connectivity index (χ0n) is 16.2. The van der Waals surface area contributed by atoms with Crippen molar-refractivity contribution in [3.63, 3.8) is 0 Å². The molecule has 2 aromatic rings. The molecule has 5 heteroatoms. The van der Waals surface area contributed by atoms with Crippen LogP contribution in [0.25, 0.3) is 0 Å². The molecule has 0 spiro atoms. The SMILES string of the molecule is O=C(C1Cc2ccccc2CN1Cc1ccc(O)c(O)c1)N1CCCCCC1. The lowest BCUT2D eigenvalue weighted by Gasteiger charge is -2.38. The number of nitrogens with zero attached hydrogens (tertiary/aromatic N) is 2. The summed E-state index contributed by atoms with van der Waals surface area (Å²) < 4.78 is 0. The van der Waals surface area contributed by atoms with Gasteiger partial charge in [-0.25, -0.2) is 0 Å². The Hall–Kier alpha value is -2.53. The lowest BCUT2D eigenvalue weighted by Crippen LogP contribution is -2.51. The molecule has 2 aliphatic rings. The standard InChI is InChI=1S/C23H28N2O3/c26-21-10-9-17(13-22(21)27)15-25-16-19-8-4-3-7-18(19)14-20(25)23(28)24-11-5-1-2-6-12-24/h3-4,7-10,13,20,26-27H,1-2,5-6,11-12,14-16H2. The van der Waals surface area contributed by atoms with Crippen molar-refractivity contribution in [1.29, 1.82) is 0 Å². The number of hydrogen-bond acceptors (Lipinski definition) is 4. The first-order chi connectivity index (χ1) is 13.6. The molecule has 2 aliphatic heterocycles. The fourth-order valence-electron chi connectivity index (χ4n) is 4.39. The van der Waals surface area contributed by atoms with E-state index in [4.69, 9.17) is 0 Å². The molecule has 0 bridgehead atoms. The van der Waals surface area contributed by atoms with Crippen LogP contribution < -0.4 is 0 Å². The van der Waals surface area contributed by atoms with E-state index in [2.05, 4.69) is 17.0 Å². The number of fused-ring (bicyclic) bond motifs is 1. The number of rotatable bonds is 3. The molecule has 5 nitrogen and oxygen atoms in total. The van der Waals surface area contributed by atoms with Gasteiger partial charge in [0.25, 0.3) is 0 Å². The second kappa shape index (κ2) is 8.23. The fraction of sp³-hybridized carbons (Fsp3) is 0.435. The maximum Gasteiger partial charge on any atom is 0.240 e. The smallest absolute Gasteiger partial charge is 0.240 e. The van der Waals surface area contributed by atoms with Crippen LogP contribution in [0.3, 0.4) is 0 Å². The van der Waals surface area contributed by atoms with Crippen molar-refractivity contribution >= 4 is 5.91 Å². The number of benzene rings is 2. The number of aromatic hydroxyl groups is 2. The zero-order chi connectivity index (χ0) is 19.5. The van der Waals surface area contributed by atoms with Crippen LogP contribution in [0, 0.1) is 0 Å². The Balaban J connectivity index is 1.60. The first-order valence-electron chi connectivity index (χ1n) is 10.2. The average molecular weight is 380 g/mol. The van der Waals surface area contributed by atoms with E-state index in [-0.39, 0.29) is 23.4 Å². The van der Waals surface area contributed by atoms with Crippen LogP contribution in [0.2, 0.25) is 0 Å². The van der Waals surface area contributed by atoms with E-state index in [1.807, 2.05) is 23.1 Å². The minimum atomic E-state index is -0.191. The second-order valence-electron chi connectivity index (χ2n) is 7.96. The molecular formula is C23H28N2O3. The summed E-state index contributed by atoms with van der Waals surface area (Å²) in [6, 6.07) is 13.1. The lowest BCUT2D eigenvalue weighted by molar-refractivity contribution is -0.138. The number of likely N-dealkylation sites (tertiary alicyclic amines) is 1. The Morgan fingerprint density at radius 3 is 2.36 bits per heavy atom. The van der Waals surface area contributed by atoms with Crippen molar-refractivity contribution in [3.05, 3.63) is 59.2 Å². The van der Waals surface area contributed by atoms with Crippen LogP contribution in [-0.4, -0.2) is 45.1 Å². The van der Waals surface area contributed by atoms with E-state index in [1.54, 1.807) is 6.07 Å². The average Bonchev–Trinajstić information content (AvgIpc) is 2.99. The summed E-state index contributed by atoms with van der Waals surface area (Å²) in [5.74, 6) is -0.0189. The van der Waals surface area contributed by atoms with Crippen molar-refractivity contribution in [2.45, 2.75) is 51.2 Å². The molecule has 0 radical (unpaired) electrons. The molecule has 28 heavy (non-hydrogen) atoms. The quantitative estimate of drug-likeness (QED) is 0.801. The summed E-state index contributed by atoms with van der Waals surface area (Å²) >= 11 is 0. The number of phenols is 2. The lowest BCUT2D eigenvalue weighted by atomic mass is 9.92. The van der Waals surface area contributed by atoms with E-state index < -0.39 is 0 Å². The molecule has 2 N–H and O–H groups in total. The van der Waals surface area contributed by atoms with Gasteiger partial charge in [0.05, 0.1) is 6.04 Å². The van der Waals surface area contributed by atoms with Crippen molar-refractivity contribution in [2.24, 2.45) is 0 Å². The molecule has 0 saturated carbocycles. The van der Waals surface area contributed by atoms with Crippen LogP contribution in [-0.2, 0) is 24.3 Å². The van der Waals surface area contributed by atoms with Crippen LogP contribution in [0.1, 0.15) is 42.4 Å². The van der Waals surface area contributed by atoms with E-state index >= 15 is 0 Å².